The molecular formula is C17H17ClN2O4. The monoisotopic (exact) mass is 348 g/mol. The van der Waals surface area contributed by atoms with Gasteiger partial charge >= 0.3 is 5.97 Å². The second-order valence-corrected chi connectivity index (χ2v) is 5.12. The Kier molecular flexibility index (Phi) is 6.28. The number of nitrogens with zero attached hydrogens (tertiary/aromatic N) is 2. The standard InChI is InChI=1S/C17H17ClN2O4/c1-3-24-17(22)12-6-4-7-13(10-12)20(11-23-2)16(21)14-8-5-9-19-15(14)18/h4-10H,3,11H2,1-2H3. The number of benzene rings is 1. The maximum atomic E-state index is 12.8. The van der Waals surface area contributed by atoms with E-state index in [4.69, 9.17) is 21.1 Å². The van der Waals surface area contributed by atoms with Crippen LogP contribution >= 0.6 is 11.6 Å². The summed E-state index contributed by atoms with van der Waals surface area (Å²) in [4.78, 5) is 29.9. The first-order valence-corrected chi connectivity index (χ1v) is 7.64. The summed E-state index contributed by atoms with van der Waals surface area (Å²) in [6, 6.07) is 9.76. The van der Waals surface area contributed by atoms with Crippen molar-refractivity contribution in [1.82, 2.24) is 4.98 Å². The quantitative estimate of drug-likeness (QED) is 0.455. The fourth-order valence-electron chi connectivity index (χ4n) is 2.09. The molecule has 1 heterocycles. The van der Waals surface area contributed by atoms with E-state index in [1.807, 2.05) is 0 Å². The van der Waals surface area contributed by atoms with Crippen LogP contribution in [0.25, 0.3) is 0 Å². The SMILES string of the molecule is CCOC(=O)c1cccc(N(COC)C(=O)c2cccnc2Cl)c1. The second-order valence-electron chi connectivity index (χ2n) is 4.76. The lowest BCUT2D eigenvalue weighted by molar-refractivity contribution is 0.0526. The minimum absolute atomic E-state index is 0.00364. The zero-order valence-electron chi connectivity index (χ0n) is 13.4. The van der Waals surface area contributed by atoms with Gasteiger partial charge in [0.05, 0.1) is 17.7 Å². The highest BCUT2D eigenvalue weighted by atomic mass is 35.5. The van der Waals surface area contributed by atoms with E-state index in [0.29, 0.717) is 11.3 Å². The minimum atomic E-state index is -0.455. The number of anilines is 1. The number of carbonyl (C=O) groups is 2. The smallest absolute Gasteiger partial charge is 0.338 e. The number of hydrogen-bond acceptors (Lipinski definition) is 5. The molecule has 7 heteroatoms. The molecule has 0 radical (unpaired) electrons. The van der Waals surface area contributed by atoms with Crippen LogP contribution in [0.15, 0.2) is 42.6 Å². The van der Waals surface area contributed by atoms with Gasteiger partial charge in [0.25, 0.3) is 5.91 Å². The van der Waals surface area contributed by atoms with E-state index in [2.05, 4.69) is 4.98 Å². The Morgan fingerprint density at radius 3 is 2.71 bits per heavy atom. The van der Waals surface area contributed by atoms with Crippen LogP contribution in [0.1, 0.15) is 27.6 Å². The highest BCUT2D eigenvalue weighted by molar-refractivity contribution is 6.33. The van der Waals surface area contributed by atoms with Crippen molar-refractivity contribution in [2.24, 2.45) is 0 Å². The molecule has 1 aromatic heterocycles. The van der Waals surface area contributed by atoms with Crippen LogP contribution in [0.2, 0.25) is 5.15 Å². The lowest BCUT2D eigenvalue weighted by Gasteiger charge is -2.22. The zero-order chi connectivity index (χ0) is 17.5. The van der Waals surface area contributed by atoms with Gasteiger partial charge < -0.3 is 9.47 Å². The summed E-state index contributed by atoms with van der Waals surface area (Å²) in [6.45, 7) is 2.00. The third-order valence-corrected chi connectivity index (χ3v) is 3.46. The second kappa shape index (κ2) is 8.42. The van der Waals surface area contributed by atoms with Gasteiger partial charge in [-0.2, -0.15) is 0 Å². The average molecular weight is 349 g/mol. The molecule has 0 N–H and O–H groups in total. The van der Waals surface area contributed by atoms with E-state index in [-0.39, 0.29) is 30.0 Å². The van der Waals surface area contributed by atoms with Crippen LogP contribution in [-0.2, 0) is 9.47 Å². The Bertz CT molecular complexity index is 736. The van der Waals surface area contributed by atoms with Gasteiger partial charge in [-0.1, -0.05) is 17.7 Å². The first-order valence-electron chi connectivity index (χ1n) is 7.27. The third kappa shape index (κ3) is 4.10. The summed E-state index contributed by atoms with van der Waals surface area (Å²) in [7, 11) is 1.47. The molecule has 0 fully saturated rings. The Labute approximate surface area is 145 Å². The summed E-state index contributed by atoms with van der Waals surface area (Å²) < 4.78 is 10.1. The minimum Gasteiger partial charge on any atom is -0.462 e. The molecule has 6 nitrogen and oxygen atoms in total. The van der Waals surface area contributed by atoms with Crippen molar-refractivity contribution < 1.29 is 19.1 Å². The lowest BCUT2D eigenvalue weighted by Crippen LogP contribution is -2.33. The Balaban J connectivity index is 2.37. The fourth-order valence-corrected chi connectivity index (χ4v) is 2.29. The molecule has 2 aromatic rings. The Morgan fingerprint density at radius 2 is 2.04 bits per heavy atom. The number of ether oxygens (including phenoxy) is 2. The van der Waals surface area contributed by atoms with Gasteiger partial charge in [0.2, 0.25) is 0 Å². The maximum Gasteiger partial charge on any atom is 0.338 e. The average Bonchev–Trinajstić information content (AvgIpc) is 2.60. The number of aromatic nitrogens is 1. The molecule has 0 spiro atoms. The van der Waals surface area contributed by atoms with E-state index < -0.39 is 5.97 Å². The maximum absolute atomic E-state index is 12.8. The highest BCUT2D eigenvalue weighted by Crippen LogP contribution is 2.22. The first-order chi connectivity index (χ1) is 11.6. The normalized spacial score (nSPS) is 10.3. The number of rotatable bonds is 6. The summed E-state index contributed by atoms with van der Waals surface area (Å²) in [5.74, 6) is -0.834. The molecule has 0 aliphatic heterocycles. The van der Waals surface area contributed by atoms with E-state index in [1.165, 1.54) is 18.2 Å². The zero-order valence-corrected chi connectivity index (χ0v) is 14.1. The van der Waals surface area contributed by atoms with E-state index in [1.54, 1.807) is 43.3 Å². The molecule has 1 amide bonds. The summed E-state index contributed by atoms with van der Waals surface area (Å²) in [5, 5.41) is 0.102. The van der Waals surface area contributed by atoms with Crippen molar-refractivity contribution >= 4 is 29.2 Å². The van der Waals surface area contributed by atoms with Gasteiger partial charge in [0.1, 0.15) is 11.9 Å². The van der Waals surface area contributed by atoms with Gasteiger partial charge in [-0.3, -0.25) is 9.69 Å². The highest BCUT2D eigenvalue weighted by Gasteiger charge is 2.21. The molecule has 0 unspecified atom stereocenters. The topological polar surface area (TPSA) is 68.7 Å². The fraction of sp³-hybridized carbons (Fsp3) is 0.235. The number of hydrogen-bond donors (Lipinski definition) is 0. The van der Waals surface area contributed by atoms with Crippen molar-refractivity contribution in [2.75, 3.05) is 25.3 Å². The number of pyridine rings is 1. The van der Waals surface area contributed by atoms with Crippen LogP contribution in [0.5, 0.6) is 0 Å². The number of esters is 1. The summed E-state index contributed by atoms with van der Waals surface area (Å²) in [6.07, 6.45) is 1.50. The molecule has 0 bridgehead atoms. The van der Waals surface area contributed by atoms with E-state index >= 15 is 0 Å². The number of carbonyl (C=O) groups excluding carboxylic acids is 2. The summed E-state index contributed by atoms with van der Waals surface area (Å²) in [5.41, 5.74) is 1.09. The van der Waals surface area contributed by atoms with E-state index in [9.17, 15) is 9.59 Å². The molecule has 126 valence electrons. The number of amides is 1. The van der Waals surface area contributed by atoms with Crippen LogP contribution in [0.4, 0.5) is 5.69 Å². The van der Waals surface area contributed by atoms with Crippen molar-refractivity contribution in [3.63, 3.8) is 0 Å². The van der Waals surface area contributed by atoms with Gasteiger partial charge in [-0.15, -0.1) is 0 Å². The summed E-state index contributed by atoms with van der Waals surface area (Å²) >= 11 is 6.00. The molecule has 0 aliphatic carbocycles. The van der Waals surface area contributed by atoms with Crippen molar-refractivity contribution in [3.05, 3.63) is 58.9 Å². The van der Waals surface area contributed by atoms with Gasteiger partial charge in [-0.05, 0) is 37.3 Å². The van der Waals surface area contributed by atoms with Crippen LogP contribution < -0.4 is 4.90 Å². The van der Waals surface area contributed by atoms with Crippen molar-refractivity contribution in [2.45, 2.75) is 6.92 Å². The predicted octanol–water partition coefficient (Wildman–Crippen LogP) is 3.16. The number of methoxy groups -OCH3 is 1. The van der Waals surface area contributed by atoms with Crippen molar-refractivity contribution in [3.8, 4) is 0 Å². The van der Waals surface area contributed by atoms with Gasteiger partial charge in [0.15, 0.2) is 0 Å². The van der Waals surface area contributed by atoms with Gasteiger partial charge in [0, 0.05) is 19.0 Å². The molecule has 2 rings (SSSR count). The van der Waals surface area contributed by atoms with E-state index in [0.717, 1.165) is 0 Å². The molecule has 0 saturated carbocycles. The predicted molar refractivity (Wildman–Crippen MR) is 90.3 cm³/mol. The van der Waals surface area contributed by atoms with Crippen LogP contribution in [0, 0.1) is 0 Å². The van der Waals surface area contributed by atoms with Crippen LogP contribution in [-0.4, -0.2) is 37.3 Å². The molecule has 24 heavy (non-hydrogen) atoms. The van der Waals surface area contributed by atoms with Crippen molar-refractivity contribution in [1.29, 1.82) is 0 Å². The molecule has 0 aliphatic rings. The first kappa shape index (κ1) is 17.9. The molecule has 0 saturated heterocycles. The number of halogens is 1. The largest absolute Gasteiger partial charge is 0.462 e. The third-order valence-electron chi connectivity index (χ3n) is 3.16. The lowest BCUT2D eigenvalue weighted by atomic mass is 10.1. The van der Waals surface area contributed by atoms with Crippen LogP contribution in [0.3, 0.4) is 0 Å². The Hall–Kier alpha value is -2.44. The Morgan fingerprint density at radius 1 is 1.25 bits per heavy atom. The molecule has 0 atom stereocenters. The molecule has 1 aromatic carbocycles. The molecular weight excluding hydrogens is 332 g/mol. The van der Waals surface area contributed by atoms with Gasteiger partial charge in [-0.25, -0.2) is 9.78 Å².